The van der Waals surface area contributed by atoms with Crippen LogP contribution in [-0.4, -0.2) is 72.0 Å². The van der Waals surface area contributed by atoms with E-state index in [1.165, 1.54) is 0 Å². The van der Waals surface area contributed by atoms with Crippen LogP contribution in [0, 0.1) is 10.8 Å². The number of hydrogen-bond donors (Lipinski definition) is 4. The Morgan fingerprint density at radius 2 is 1.45 bits per heavy atom. The van der Waals surface area contributed by atoms with Crippen LogP contribution < -0.4 is 10.6 Å². The molecule has 0 aliphatic heterocycles. The van der Waals surface area contributed by atoms with Gasteiger partial charge in [0.25, 0.3) is 0 Å². The van der Waals surface area contributed by atoms with Gasteiger partial charge in [-0.25, -0.2) is 4.79 Å². The summed E-state index contributed by atoms with van der Waals surface area (Å²) in [5.41, 5.74) is -2.00. The second-order valence-corrected chi connectivity index (χ2v) is 12.2. The molecule has 0 saturated heterocycles. The van der Waals surface area contributed by atoms with Crippen molar-refractivity contribution in [1.29, 1.82) is 0 Å². The molecule has 0 saturated carbocycles. The van der Waals surface area contributed by atoms with Gasteiger partial charge in [0.15, 0.2) is 0 Å². The quantitative estimate of drug-likeness (QED) is 0.148. The summed E-state index contributed by atoms with van der Waals surface area (Å²) in [5, 5.41) is 24.4. The average molecular weight is 545 g/mol. The number of carbonyl (C=O) groups excluding carboxylic acids is 2. The maximum atomic E-state index is 12.9. The highest BCUT2D eigenvalue weighted by Gasteiger charge is 2.37. The van der Waals surface area contributed by atoms with Crippen LogP contribution in [0.3, 0.4) is 0 Å². The molecule has 10 nitrogen and oxygen atoms in total. The molecule has 1 atom stereocenters. The first kappa shape index (κ1) is 35.8. The largest absolute Gasteiger partial charge is 0.481 e. The Morgan fingerprint density at radius 3 is 2.00 bits per heavy atom. The Kier molecular flexibility index (Phi) is 16.4. The Morgan fingerprint density at radius 1 is 0.842 bits per heavy atom. The zero-order valence-corrected chi connectivity index (χ0v) is 24.6. The van der Waals surface area contributed by atoms with Crippen LogP contribution in [0.2, 0.25) is 0 Å². The standard InChI is InChI=1S/C28H52N2O8/c1-8-9-15-37-17-18-38-16-13-22(31)30-28(6,7)14-11-10-12-21(24(34)35)29-25(36)27(4,5)20-26(2,3)19-23(32)33/h21H,8-20H2,1-7H3,(H,29,36)(H,30,31)(H,32,33)(H,34,35). The van der Waals surface area contributed by atoms with E-state index >= 15 is 0 Å². The Balaban J connectivity index is 4.47. The van der Waals surface area contributed by atoms with Crippen LogP contribution in [0.1, 0.15) is 106 Å². The van der Waals surface area contributed by atoms with E-state index in [0.29, 0.717) is 45.5 Å². The Labute approximate surface area is 228 Å². The molecule has 0 spiro atoms. The van der Waals surface area contributed by atoms with Crippen molar-refractivity contribution >= 4 is 23.8 Å². The number of carboxylic acid groups (broad SMARTS) is 2. The fourth-order valence-electron chi connectivity index (χ4n) is 4.51. The lowest BCUT2D eigenvalue weighted by atomic mass is 9.73. The van der Waals surface area contributed by atoms with Crippen LogP contribution in [0.4, 0.5) is 0 Å². The van der Waals surface area contributed by atoms with Gasteiger partial charge >= 0.3 is 11.9 Å². The summed E-state index contributed by atoms with van der Waals surface area (Å²) in [6.45, 7) is 14.9. The maximum Gasteiger partial charge on any atom is 0.326 e. The minimum Gasteiger partial charge on any atom is -0.481 e. The fraction of sp³-hybridized carbons (Fsp3) is 0.857. The third kappa shape index (κ3) is 17.3. The first-order valence-corrected chi connectivity index (χ1v) is 13.7. The van der Waals surface area contributed by atoms with Gasteiger partial charge in [-0.2, -0.15) is 0 Å². The van der Waals surface area contributed by atoms with Gasteiger partial charge < -0.3 is 30.3 Å². The summed E-state index contributed by atoms with van der Waals surface area (Å²) in [6.07, 6.45) is 4.72. The van der Waals surface area contributed by atoms with Gasteiger partial charge in [0.2, 0.25) is 11.8 Å². The van der Waals surface area contributed by atoms with Crippen molar-refractivity contribution in [3.8, 4) is 0 Å². The lowest BCUT2D eigenvalue weighted by Gasteiger charge is -2.33. The van der Waals surface area contributed by atoms with Gasteiger partial charge in [0.1, 0.15) is 6.04 Å². The van der Waals surface area contributed by atoms with Gasteiger partial charge in [-0.15, -0.1) is 0 Å². The minimum absolute atomic E-state index is 0.0838. The number of nitrogens with one attached hydrogen (secondary N) is 2. The average Bonchev–Trinajstić information content (AvgIpc) is 2.75. The third-order valence-electron chi connectivity index (χ3n) is 6.28. The lowest BCUT2D eigenvalue weighted by molar-refractivity contribution is -0.144. The molecular formula is C28H52N2O8. The number of unbranched alkanes of at least 4 members (excludes halogenated alkanes) is 2. The molecule has 0 fully saturated rings. The summed E-state index contributed by atoms with van der Waals surface area (Å²) in [6, 6.07) is -1.04. The van der Waals surface area contributed by atoms with Crippen LogP contribution in [-0.2, 0) is 28.7 Å². The first-order valence-electron chi connectivity index (χ1n) is 13.7. The number of ether oxygens (including phenoxy) is 2. The van der Waals surface area contributed by atoms with E-state index < -0.39 is 40.3 Å². The third-order valence-corrected chi connectivity index (χ3v) is 6.28. The van der Waals surface area contributed by atoms with Crippen molar-refractivity contribution in [1.82, 2.24) is 10.6 Å². The minimum atomic E-state index is -1.11. The molecule has 10 heteroatoms. The van der Waals surface area contributed by atoms with Crippen molar-refractivity contribution < 1.29 is 38.9 Å². The predicted octanol–water partition coefficient (Wildman–Crippen LogP) is 4.15. The zero-order valence-electron chi connectivity index (χ0n) is 24.6. The Hall–Kier alpha value is -2.20. The molecule has 4 N–H and O–H groups in total. The predicted molar refractivity (Wildman–Crippen MR) is 146 cm³/mol. The van der Waals surface area contributed by atoms with Gasteiger partial charge in [0, 0.05) is 24.0 Å². The molecular weight excluding hydrogens is 492 g/mol. The van der Waals surface area contributed by atoms with Crippen molar-refractivity contribution in [2.75, 3.05) is 26.4 Å². The number of aliphatic carboxylic acids is 2. The van der Waals surface area contributed by atoms with Gasteiger partial charge in [-0.05, 0) is 44.9 Å². The molecule has 1 unspecified atom stereocenters. The molecule has 0 heterocycles. The van der Waals surface area contributed by atoms with E-state index in [4.69, 9.17) is 14.6 Å². The van der Waals surface area contributed by atoms with Crippen molar-refractivity contribution in [2.45, 2.75) is 118 Å². The van der Waals surface area contributed by atoms with Crippen LogP contribution in [0.5, 0.6) is 0 Å². The molecule has 0 aromatic rings. The molecule has 0 radical (unpaired) electrons. The van der Waals surface area contributed by atoms with Crippen molar-refractivity contribution in [2.24, 2.45) is 10.8 Å². The highest BCUT2D eigenvalue weighted by atomic mass is 16.5. The van der Waals surface area contributed by atoms with E-state index in [1.807, 2.05) is 13.8 Å². The second-order valence-electron chi connectivity index (χ2n) is 12.2. The van der Waals surface area contributed by atoms with Crippen molar-refractivity contribution in [3.63, 3.8) is 0 Å². The molecule has 0 aliphatic carbocycles. The number of carbonyl (C=O) groups is 4. The van der Waals surface area contributed by atoms with Gasteiger partial charge in [-0.3, -0.25) is 14.4 Å². The molecule has 0 aromatic heterocycles. The summed E-state index contributed by atoms with van der Waals surface area (Å²) in [7, 11) is 0. The summed E-state index contributed by atoms with van der Waals surface area (Å²) in [5.74, 6) is -2.57. The summed E-state index contributed by atoms with van der Waals surface area (Å²) in [4.78, 5) is 48.0. The van der Waals surface area contributed by atoms with E-state index in [2.05, 4.69) is 17.6 Å². The van der Waals surface area contributed by atoms with E-state index in [-0.39, 0.29) is 25.2 Å². The SMILES string of the molecule is CCCCOCCOCCC(=O)NC(C)(C)CCCCC(NC(=O)C(C)(C)CC(C)(C)CC(=O)O)C(=O)O. The van der Waals surface area contributed by atoms with E-state index in [0.717, 1.165) is 19.4 Å². The van der Waals surface area contributed by atoms with Crippen LogP contribution in [0.15, 0.2) is 0 Å². The normalized spacial score (nSPS) is 13.1. The number of hydrogen-bond acceptors (Lipinski definition) is 6. The summed E-state index contributed by atoms with van der Waals surface area (Å²) < 4.78 is 10.9. The Bertz CT molecular complexity index is 749. The monoisotopic (exact) mass is 544 g/mol. The lowest BCUT2D eigenvalue weighted by Crippen LogP contribution is -2.48. The highest BCUT2D eigenvalue weighted by Crippen LogP contribution is 2.36. The van der Waals surface area contributed by atoms with Crippen molar-refractivity contribution in [3.05, 3.63) is 0 Å². The molecule has 0 aliphatic rings. The molecule has 0 bridgehead atoms. The second kappa shape index (κ2) is 17.4. The summed E-state index contributed by atoms with van der Waals surface area (Å²) >= 11 is 0. The number of amides is 2. The molecule has 222 valence electrons. The number of rotatable bonds is 22. The smallest absolute Gasteiger partial charge is 0.326 e. The van der Waals surface area contributed by atoms with E-state index in [9.17, 15) is 24.3 Å². The first-order chi connectivity index (χ1) is 17.5. The zero-order chi connectivity index (χ0) is 29.4. The van der Waals surface area contributed by atoms with Gasteiger partial charge in [0.05, 0.1) is 26.2 Å². The highest BCUT2D eigenvalue weighted by molar-refractivity contribution is 5.87. The fourth-order valence-corrected chi connectivity index (χ4v) is 4.51. The number of carboxylic acids is 2. The van der Waals surface area contributed by atoms with Gasteiger partial charge in [-0.1, -0.05) is 53.9 Å². The molecule has 38 heavy (non-hydrogen) atoms. The van der Waals surface area contributed by atoms with Crippen LogP contribution in [0.25, 0.3) is 0 Å². The molecule has 0 rings (SSSR count). The molecule has 0 aromatic carbocycles. The maximum absolute atomic E-state index is 12.9. The molecule has 2 amide bonds. The topological polar surface area (TPSA) is 151 Å². The van der Waals surface area contributed by atoms with Crippen LogP contribution >= 0.6 is 0 Å². The van der Waals surface area contributed by atoms with E-state index in [1.54, 1.807) is 27.7 Å².